The molecule has 2 aromatic rings. The third-order valence-electron chi connectivity index (χ3n) is 3.46. The number of hydrogen-bond donors (Lipinski definition) is 0. The molecular formula is C16H13NO4. The number of anilines is 1. The fraction of sp³-hybridized carbons (Fsp3) is 0.125. The molecule has 0 amide bonds. The topological polar surface area (TPSA) is 55.8 Å². The average Bonchev–Trinajstić information content (AvgIpc) is 2.53. The van der Waals surface area contributed by atoms with Gasteiger partial charge in [-0.3, -0.25) is 19.3 Å². The molecule has 0 saturated heterocycles. The number of ketones is 2. The number of fused-ring (bicyclic) bond motifs is 2. The number of carbonyl (C=O) groups is 2. The molecule has 0 N–H and O–H groups in total. The molecule has 0 atom stereocenters. The Kier molecular flexibility index (Phi) is 3.29. The van der Waals surface area contributed by atoms with Crippen molar-refractivity contribution in [3.63, 3.8) is 0 Å². The summed E-state index contributed by atoms with van der Waals surface area (Å²) in [5.41, 5.74) is 1.88. The predicted molar refractivity (Wildman–Crippen MR) is 76.2 cm³/mol. The van der Waals surface area contributed by atoms with Gasteiger partial charge in [-0.05, 0) is 6.07 Å². The van der Waals surface area contributed by atoms with Gasteiger partial charge in [0, 0.05) is 16.7 Å². The van der Waals surface area contributed by atoms with Crippen molar-refractivity contribution in [1.29, 1.82) is 0 Å². The molecule has 0 aromatic heterocycles. The molecule has 5 heteroatoms. The van der Waals surface area contributed by atoms with Gasteiger partial charge >= 0.3 is 0 Å². The summed E-state index contributed by atoms with van der Waals surface area (Å²) in [6.07, 6.45) is 0. The Balaban J connectivity index is 2.26. The molecule has 0 spiro atoms. The molecule has 0 fully saturated rings. The normalized spacial score (nSPS) is 12.9. The van der Waals surface area contributed by atoms with Crippen LogP contribution in [0.15, 0.2) is 42.5 Å². The highest BCUT2D eigenvalue weighted by Crippen LogP contribution is 2.33. The Hall–Kier alpha value is -2.50. The van der Waals surface area contributed by atoms with Crippen molar-refractivity contribution in [2.24, 2.45) is 0 Å². The smallest absolute Gasteiger partial charge is 0.196 e. The van der Waals surface area contributed by atoms with Crippen molar-refractivity contribution in [3.8, 4) is 0 Å². The van der Waals surface area contributed by atoms with Crippen LogP contribution >= 0.6 is 0 Å². The summed E-state index contributed by atoms with van der Waals surface area (Å²) in [6, 6.07) is 11.8. The first-order chi connectivity index (χ1) is 10.2. The van der Waals surface area contributed by atoms with Crippen molar-refractivity contribution in [3.05, 3.63) is 64.7 Å². The first-order valence-electron chi connectivity index (χ1n) is 6.38. The second-order valence-electron chi connectivity index (χ2n) is 4.53. The van der Waals surface area contributed by atoms with Crippen LogP contribution in [0.3, 0.4) is 0 Å². The molecule has 0 aliphatic heterocycles. The molecule has 0 saturated carbocycles. The molecular weight excluding hydrogens is 270 g/mol. The van der Waals surface area contributed by atoms with Crippen LogP contribution in [0.5, 0.6) is 0 Å². The lowest BCUT2D eigenvalue weighted by Crippen LogP contribution is -2.27. The van der Waals surface area contributed by atoms with Gasteiger partial charge in [0.05, 0.1) is 19.8 Å². The summed E-state index contributed by atoms with van der Waals surface area (Å²) in [4.78, 5) is 35.4. The summed E-state index contributed by atoms with van der Waals surface area (Å²) in [6.45, 7) is 0. The van der Waals surface area contributed by atoms with E-state index in [9.17, 15) is 9.59 Å². The van der Waals surface area contributed by atoms with E-state index in [0.29, 0.717) is 27.9 Å². The summed E-state index contributed by atoms with van der Waals surface area (Å²) in [5, 5.41) is 1.11. The monoisotopic (exact) mass is 283 g/mol. The van der Waals surface area contributed by atoms with Crippen LogP contribution in [0, 0.1) is 0 Å². The molecule has 106 valence electrons. The Morgan fingerprint density at radius 1 is 0.762 bits per heavy atom. The average molecular weight is 283 g/mol. The molecule has 5 nitrogen and oxygen atoms in total. The van der Waals surface area contributed by atoms with Crippen molar-refractivity contribution in [2.45, 2.75) is 0 Å². The van der Waals surface area contributed by atoms with Gasteiger partial charge in [-0.15, -0.1) is 5.23 Å². The van der Waals surface area contributed by atoms with E-state index < -0.39 is 0 Å². The van der Waals surface area contributed by atoms with E-state index in [1.54, 1.807) is 42.5 Å². The first-order valence-corrected chi connectivity index (χ1v) is 6.38. The molecule has 0 radical (unpaired) electrons. The molecule has 0 bridgehead atoms. The standard InChI is InChI=1S/C16H13NO4/c1-20-17(21-2)13-9-5-8-12-14(13)16(19)11-7-4-3-6-10(11)15(12)18/h3-9H,1-2H3. The first kappa shape index (κ1) is 13.5. The minimum Gasteiger partial charge on any atom is -0.289 e. The van der Waals surface area contributed by atoms with Crippen LogP contribution in [-0.4, -0.2) is 25.8 Å². The number of rotatable bonds is 3. The fourth-order valence-electron chi connectivity index (χ4n) is 2.55. The van der Waals surface area contributed by atoms with Gasteiger partial charge in [0.25, 0.3) is 0 Å². The number of nitrogens with zero attached hydrogens (tertiary/aromatic N) is 1. The molecule has 21 heavy (non-hydrogen) atoms. The molecule has 1 aliphatic carbocycles. The van der Waals surface area contributed by atoms with Crippen LogP contribution in [0.1, 0.15) is 31.8 Å². The van der Waals surface area contributed by atoms with Crippen LogP contribution < -0.4 is 5.23 Å². The van der Waals surface area contributed by atoms with Crippen molar-refractivity contribution < 1.29 is 19.3 Å². The zero-order valence-corrected chi connectivity index (χ0v) is 11.6. The van der Waals surface area contributed by atoms with Crippen LogP contribution in [0.2, 0.25) is 0 Å². The van der Waals surface area contributed by atoms with E-state index in [1.807, 2.05) is 0 Å². The maximum Gasteiger partial charge on any atom is 0.196 e. The lowest BCUT2D eigenvalue weighted by molar-refractivity contribution is -0.0435. The van der Waals surface area contributed by atoms with Gasteiger partial charge in [-0.2, -0.15) is 0 Å². The van der Waals surface area contributed by atoms with Crippen molar-refractivity contribution in [1.82, 2.24) is 0 Å². The van der Waals surface area contributed by atoms with Gasteiger partial charge < -0.3 is 0 Å². The molecule has 3 rings (SSSR count). The maximum atomic E-state index is 12.7. The zero-order chi connectivity index (χ0) is 15.0. The molecule has 1 aliphatic rings. The Bertz CT molecular complexity index is 735. The number of benzene rings is 2. The number of carbonyl (C=O) groups excluding carboxylic acids is 2. The number of hydrogen-bond acceptors (Lipinski definition) is 5. The highest BCUT2D eigenvalue weighted by Gasteiger charge is 2.32. The third-order valence-corrected chi connectivity index (χ3v) is 3.46. The lowest BCUT2D eigenvalue weighted by atomic mass is 9.83. The predicted octanol–water partition coefficient (Wildman–Crippen LogP) is 2.39. The van der Waals surface area contributed by atoms with E-state index in [2.05, 4.69) is 0 Å². The summed E-state index contributed by atoms with van der Waals surface area (Å²) in [7, 11) is 2.85. The summed E-state index contributed by atoms with van der Waals surface area (Å²) in [5.74, 6) is -0.385. The van der Waals surface area contributed by atoms with Crippen LogP contribution in [0.4, 0.5) is 5.69 Å². The summed E-state index contributed by atoms with van der Waals surface area (Å²) >= 11 is 0. The minimum atomic E-state index is -0.213. The Labute approximate surface area is 121 Å². The van der Waals surface area contributed by atoms with Gasteiger partial charge in [-0.1, -0.05) is 36.4 Å². The quantitative estimate of drug-likeness (QED) is 0.691. The Morgan fingerprint density at radius 2 is 1.33 bits per heavy atom. The zero-order valence-electron chi connectivity index (χ0n) is 11.6. The molecule has 0 heterocycles. The second-order valence-corrected chi connectivity index (χ2v) is 4.53. The lowest BCUT2D eigenvalue weighted by Gasteiger charge is -2.24. The molecule has 2 aromatic carbocycles. The van der Waals surface area contributed by atoms with Gasteiger partial charge in [0.1, 0.15) is 5.69 Å². The van der Waals surface area contributed by atoms with Crippen LogP contribution in [0.25, 0.3) is 0 Å². The fourth-order valence-corrected chi connectivity index (χ4v) is 2.55. The highest BCUT2D eigenvalue weighted by molar-refractivity contribution is 6.30. The SMILES string of the molecule is CON(OC)c1cccc2c1C(=O)c1ccccc1C2=O. The van der Waals surface area contributed by atoms with E-state index in [1.165, 1.54) is 14.2 Å². The van der Waals surface area contributed by atoms with E-state index in [-0.39, 0.29) is 11.6 Å². The van der Waals surface area contributed by atoms with E-state index in [0.717, 1.165) is 5.23 Å². The maximum absolute atomic E-state index is 12.7. The molecule has 0 unspecified atom stereocenters. The second kappa shape index (κ2) is 5.12. The van der Waals surface area contributed by atoms with Crippen molar-refractivity contribution >= 4 is 17.3 Å². The Morgan fingerprint density at radius 3 is 1.95 bits per heavy atom. The minimum absolute atomic E-state index is 0.172. The van der Waals surface area contributed by atoms with Crippen molar-refractivity contribution in [2.75, 3.05) is 19.4 Å². The van der Waals surface area contributed by atoms with E-state index in [4.69, 9.17) is 9.68 Å². The van der Waals surface area contributed by atoms with Gasteiger partial charge in [0.15, 0.2) is 11.6 Å². The van der Waals surface area contributed by atoms with E-state index >= 15 is 0 Å². The summed E-state index contributed by atoms with van der Waals surface area (Å²) < 4.78 is 0. The van der Waals surface area contributed by atoms with Crippen LogP contribution in [-0.2, 0) is 9.68 Å². The largest absolute Gasteiger partial charge is 0.289 e. The highest BCUT2D eigenvalue weighted by atomic mass is 16.9. The van der Waals surface area contributed by atoms with Gasteiger partial charge in [0.2, 0.25) is 0 Å². The third kappa shape index (κ3) is 1.94. The van der Waals surface area contributed by atoms with Gasteiger partial charge in [-0.25, -0.2) is 0 Å².